The third-order valence-corrected chi connectivity index (χ3v) is 6.20. The van der Waals surface area contributed by atoms with E-state index in [0.29, 0.717) is 23.5 Å². The van der Waals surface area contributed by atoms with Gasteiger partial charge in [0.15, 0.2) is 0 Å². The second kappa shape index (κ2) is 8.41. The molecule has 0 fully saturated rings. The number of aromatic nitrogens is 1. The number of aryl methyl sites for hydroxylation is 1. The summed E-state index contributed by atoms with van der Waals surface area (Å²) >= 11 is 1.47. The fraction of sp³-hybridized carbons (Fsp3) is 0.158. The number of hydrogen-bond acceptors (Lipinski definition) is 6. The highest BCUT2D eigenvalue weighted by Gasteiger charge is 2.15. The van der Waals surface area contributed by atoms with Crippen LogP contribution in [0, 0.1) is 6.92 Å². The lowest BCUT2D eigenvalue weighted by Crippen LogP contribution is -2.22. The van der Waals surface area contributed by atoms with Crippen LogP contribution >= 0.6 is 11.3 Å². The number of hydrogen-bond donors (Lipinski definition) is 2. The first-order valence-electron chi connectivity index (χ1n) is 8.33. The van der Waals surface area contributed by atoms with E-state index in [1.807, 2.05) is 12.3 Å². The van der Waals surface area contributed by atoms with Gasteiger partial charge in [-0.15, -0.1) is 11.3 Å². The third kappa shape index (κ3) is 4.87. The molecule has 1 amide bonds. The Morgan fingerprint density at radius 3 is 2.36 bits per heavy atom. The molecule has 7 nitrogen and oxygen atoms in total. The Labute approximate surface area is 167 Å². The van der Waals surface area contributed by atoms with Crippen molar-refractivity contribution in [1.29, 1.82) is 0 Å². The molecule has 0 radical (unpaired) electrons. The van der Waals surface area contributed by atoms with Crippen LogP contribution in [-0.4, -0.2) is 26.4 Å². The van der Waals surface area contributed by atoms with Crippen molar-refractivity contribution in [2.24, 2.45) is 0 Å². The third-order valence-electron chi connectivity index (χ3n) is 3.84. The Bertz CT molecular complexity index is 1060. The summed E-state index contributed by atoms with van der Waals surface area (Å²) < 4.78 is 32.5. The van der Waals surface area contributed by atoms with E-state index in [4.69, 9.17) is 4.74 Å². The number of amides is 1. The van der Waals surface area contributed by atoms with E-state index in [2.05, 4.69) is 15.0 Å². The molecule has 146 valence electrons. The van der Waals surface area contributed by atoms with Crippen LogP contribution in [0.4, 0.5) is 5.69 Å². The number of carbonyl (C=O) groups is 1. The highest BCUT2D eigenvalue weighted by Crippen LogP contribution is 2.19. The molecule has 0 saturated heterocycles. The van der Waals surface area contributed by atoms with Crippen LogP contribution in [0.15, 0.2) is 58.8 Å². The molecule has 0 aliphatic carbocycles. The lowest BCUT2D eigenvalue weighted by atomic mass is 10.2. The Hall–Kier alpha value is -2.91. The monoisotopic (exact) mass is 417 g/mol. The van der Waals surface area contributed by atoms with Crippen LogP contribution in [0.3, 0.4) is 0 Å². The number of carbonyl (C=O) groups excluding carboxylic acids is 1. The van der Waals surface area contributed by atoms with E-state index in [1.165, 1.54) is 42.7 Å². The van der Waals surface area contributed by atoms with Gasteiger partial charge in [0.2, 0.25) is 0 Å². The summed E-state index contributed by atoms with van der Waals surface area (Å²) in [5.74, 6) is 0.339. The van der Waals surface area contributed by atoms with Gasteiger partial charge in [0.1, 0.15) is 10.8 Å². The van der Waals surface area contributed by atoms with E-state index in [-0.39, 0.29) is 10.8 Å². The van der Waals surface area contributed by atoms with Crippen LogP contribution in [0.5, 0.6) is 5.75 Å². The van der Waals surface area contributed by atoms with Gasteiger partial charge in [-0.3, -0.25) is 9.52 Å². The minimum absolute atomic E-state index is 0.0652. The molecule has 2 N–H and O–H groups in total. The van der Waals surface area contributed by atoms with Crippen molar-refractivity contribution < 1.29 is 17.9 Å². The Balaban J connectivity index is 1.65. The van der Waals surface area contributed by atoms with Crippen molar-refractivity contribution in [2.75, 3.05) is 11.8 Å². The van der Waals surface area contributed by atoms with Gasteiger partial charge in [0.25, 0.3) is 15.9 Å². The average Bonchev–Trinajstić information content (AvgIpc) is 3.12. The number of rotatable bonds is 7. The molecular formula is C19H19N3O4S2. The van der Waals surface area contributed by atoms with Gasteiger partial charge in [-0.25, -0.2) is 13.4 Å². The molecule has 0 unspecified atom stereocenters. The second-order valence-corrected chi connectivity index (χ2v) is 8.55. The largest absolute Gasteiger partial charge is 0.497 e. The number of benzene rings is 2. The van der Waals surface area contributed by atoms with Crippen molar-refractivity contribution in [1.82, 2.24) is 10.3 Å². The molecule has 0 spiro atoms. The summed E-state index contributed by atoms with van der Waals surface area (Å²) in [6.45, 7) is 2.22. The second-order valence-electron chi connectivity index (χ2n) is 5.92. The fourth-order valence-corrected chi connectivity index (χ4v) is 4.17. The number of thiazole rings is 1. The number of nitrogens with one attached hydrogen (secondary N) is 2. The molecule has 0 atom stereocenters. The molecule has 1 aromatic heterocycles. The molecular weight excluding hydrogens is 398 g/mol. The molecule has 0 aliphatic heterocycles. The standard InChI is InChI=1S/C19H19N3O4S2/c1-13-12-27-18(21-13)11-20-19(23)14-3-9-17(10-4-14)28(24,25)22-15-5-7-16(26-2)8-6-15/h3-10,12,22H,11H2,1-2H3,(H,20,23). The lowest BCUT2D eigenvalue weighted by molar-refractivity contribution is 0.0950. The molecule has 0 bridgehead atoms. The van der Waals surface area contributed by atoms with Crippen molar-refractivity contribution in [3.05, 3.63) is 70.2 Å². The zero-order valence-corrected chi connectivity index (χ0v) is 16.9. The lowest BCUT2D eigenvalue weighted by Gasteiger charge is -2.09. The first-order valence-corrected chi connectivity index (χ1v) is 10.7. The van der Waals surface area contributed by atoms with E-state index in [9.17, 15) is 13.2 Å². The van der Waals surface area contributed by atoms with Crippen LogP contribution in [0.25, 0.3) is 0 Å². The Kier molecular flexibility index (Phi) is 5.96. The minimum Gasteiger partial charge on any atom is -0.497 e. The maximum Gasteiger partial charge on any atom is 0.261 e. The molecule has 2 aromatic carbocycles. The average molecular weight is 418 g/mol. The number of nitrogens with zero attached hydrogens (tertiary/aromatic N) is 1. The molecule has 1 heterocycles. The van der Waals surface area contributed by atoms with Crippen LogP contribution in [-0.2, 0) is 16.6 Å². The summed E-state index contributed by atoms with van der Waals surface area (Å²) in [5.41, 5.74) is 1.70. The van der Waals surface area contributed by atoms with Gasteiger partial charge in [-0.1, -0.05) is 0 Å². The summed E-state index contributed by atoms with van der Waals surface area (Å²) in [5, 5.41) is 5.50. The van der Waals surface area contributed by atoms with Gasteiger partial charge in [0, 0.05) is 22.3 Å². The van der Waals surface area contributed by atoms with Crippen molar-refractivity contribution in [3.63, 3.8) is 0 Å². The van der Waals surface area contributed by atoms with Crippen molar-refractivity contribution in [3.8, 4) is 5.75 Å². The van der Waals surface area contributed by atoms with Gasteiger partial charge in [-0.05, 0) is 55.5 Å². The smallest absolute Gasteiger partial charge is 0.261 e. The molecule has 0 saturated carbocycles. The number of ether oxygens (including phenoxy) is 1. The quantitative estimate of drug-likeness (QED) is 0.615. The highest BCUT2D eigenvalue weighted by atomic mass is 32.2. The number of anilines is 1. The SMILES string of the molecule is COc1ccc(NS(=O)(=O)c2ccc(C(=O)NCc3nc(C)cs3)cc2)cc1. The molecule has 28 heavy (non-hydrogen) atoms. The molecule has 3 rings (SSSR count). The topological polar surface area (TPSA) is 97.4 Å². The van der Waals surface area contributed by atoms with Crippen LogP contribution < -0.4 is 14.8 Å². The zero-order chi connectivity index (χ0) is 20.1. The highest BCUT2D eigenvalue weighted by molar-refractivity contribution is 7.92. The van der Waals surface area contributed by atoms with Gasteiger partial charge in [0.05, 0.1) is 18.6 Å². The van der Waals surface area contributed by atoms with E-state index in [0.717, 1.165) is 10.7 Å². The predicted octanol–water partition coefficient (Wildman–Crippen LogP) is 3.19. The van der Waals surface area contributed by atoms with E-state index >= 15 is 0 Å². The van der Waals surface area contributed by atoms with E-state index in [1.54, 1.807) is 24.3 Å². The summed E-state index contributed by atoms with van der Waals surface area (Å²) in [7, 11) is -2.22. The fourth-order valence-electron chi connectivity index (χ4n) is 2.40. The van der Waals surface area contributed by atoms with Gasteiger partial charge in [-0.2, -0.15) is 0 Å². The molecule has 3 aromatic rings. The molecule has 9 heteroatoms. The minimum atomic E-state index is -3.76. The zero-order valence-electron chi connectivity index (χ0n) is 15.3. The van der Waals surface area contributed by atoms with Crippen LogP contribution in [0.1, 0.15) is 21.1 Å². The maximum absolute atomic E-state index is 12.5. The van der Waals surface area contributed by atoms with Crippen molar-refractivity contribution >= 4 is 33.0 Å². The van der Waals surface area contributed by atoms with Gasteiger partial charge < -0.3 is 10.1 Å². The number of methoxy groups -OCH3 is 1. The van der Waals surface area contributed by atoms with Crippen molar-refractivity contribution in [2.45, 2.75) is 18.4 Å². The Morgan fingerprint density at radius 1 is 1.11 bits per heavy atom. The molecule has 0 aliphatic rings. The predicted molar refractivity (Wildman–Crippen MR) is 108 cm³/mol. The first-order chi connectivity index (χ1) is 13.4. The summed E-state index contributed by atoms with van der Waals surface area (Å²) in [6, 6.07) is 12.3. The Morgan fingerprint density at radius 2 is 1.79 bits per heavy atom. The summed E-state index contributed by atoms with van der Waals surface area (Å²) in [6.07, 6.45) is 0. The normalized spacial score (nSPS) is 11.1. The maximum atomic E-state index is 12.5. The summed E-state index contributed by atoms with van der Waals surface area (Å²) in [4.78, 5) is 16.6. The van der Waals surface area contributed by atoms with E-state index < -0.39 is 10.0 Å². The first kappa shape index (κ1) is 19.8. The van der Waals surface area contributed by atoms with Gasteiger partial charge >= 0.3 is 0 Å². The van der Waals surface area contributed by atoms with Crippen LogP contribution in [0.2, 0.25) is 0 Å². The number of sulfonamides is 1.